The smallest absolute Gasteiger partial charge is 0.273 e. The van der Waals surface area contributed by atoms with Crippen LogP contribution in [0.3, 0.4) is 0 Å². The van der Waals surface area contributed by atoms with Gasteiger partial charge in [-0.1, -0.05) is 6.92 Å². The molecule has 0 saturated carbocycles. The molecular weight excluding hydrogens is 342 g/mol. The van der Waals surface area contributed by atoms with Crippen molar-refractivity contribution in [2.75, 3.05) is 13.2 Å². The van der Waals surface area contributed by atoms with E-state index >= 15 is 0 Å². The number of nitro benzene ring substituents is 1. The van der Waals surface area contributed by atoms with Gasteiger partial charge in [-0.3, -0.25) is 14.9 Å². The van der Waals surface area contributed by atoms with Gasteiger partial charge in [-0.05, 0) is 35.0 Å². The lowest BCUT2D eigenvalue weighted by Crippen LogP contribution is -2.42. The highest BCUT2D eigenvalue weighted by Gasteiger charge is 2.15. The number of carbonyl (C=O) groups excluding carboxylic acids is 1. The third-order valence-electron chi connectivity index (χ3n) is 2.77. The van der Waals surface area contributed by atoms with Gasteiger partial charge in [0.15, 0.2) is 0 Å². The van der Waals surface area contributed by atoms with Crippen molar-refractivity contribution in [1.29, 1.82) is 0 Å². The van der Waals surface area contributed by atoms with Crippen molar-refractivity contribution in [2.24, 2.45) is 5.73 Å². The van der Waals surface area contributed by atoms with E-state index in [9.17, 15) is 14.9 Å². The topological polar surface area (TPSA) is 107 Å². The van der Waals surface area contributed by atoms with E-state index < -0.39 is 16.9 Å². The Morgan fingerprint density at radius 1 is 1.57 bits per heavy atom. The van der Waals surface area contributed by atoms with E-state index in [0.29, 0.717) is 23.2 Å². The Kier molecular flexibility index (Phi) is 7.10. The van der Waals surface area contributed by atoms with Crippen molar-refractivity contribution in [3.05, 3.63) is 32.8 Å². The van der Waals surface area contributed by atoms with Crippen LogP contribution < -0.4 is 15.8 Å². The number of nitrogens with zero attached hydrogens (tertiary/aromatic N) is 1. The highest BCUT2D eigenvalue weighted by Crippen LogP contribution is 2.29. The summed E-state index contributed by atoms with van der Waals surface area (Å²) in [6.45, 7) is 2.90. The molecule has 1 aromatic rings. The van der Waals surface area contributed by atoms with E-state index in [4.69, 9.17) is 10.5 Å². The molecule has 1 unspecified atom stereocenters. The molecule has 1 rings (SSSR count). The van der Waals surface area contributed by atoms with E-state index in [2.05, 4.69) is 21.2 Å². The van der Waals surface area contributed by atoms with Crippen molar-refractivity contribution in [2.45, 2.75) is 25.8 Å². The van der Waals surface area contributed by atoms with Gasteiger partial charge < -0.3 is 15.8 Å². The second-order valence-corrected chi connectivity index (χ2v) is 5.27. The lowest BCUT2D eigenvalue weighted by atomic mass is 10.2. The third-order valence-corrected chi connectivity index (χ3v) is 3.43. The van der Waals surface area contributed by atoms with Crippen molar-refractivity contribution in [1.82, 2.24) is 5.32 Å². The van der Waals surface area contributed by atoms with Crippen molar-refractivity contribution < 1.29 is 14.5 Å². The number of amides is 1. The molecule has 0 bridgehead atoms. The first kappa shape index (κ1) is 17.4. The van der Waals surface area contributed by atoms with Crippen molar-refractivity contribution in [3.63, 3.8) is 0 Å². The quantitative estimate of drug-likeness (QED) is 0.517. The van der Waals surface area contributed by atoms with Crippen LogP contribution in [0.25, 0.3) is 0 Å². The van der Waals surface area contributed by atoms with Crippen LogP contribution in [0.4, 0.5) is 5.69 Å². The number of halogens is 1. The van der Waals surface area contributed by atoms with Crippen LogP contribution in [-0.2, 0) is 4.79 Å². The summed E-state index contributed by atoms with van der Waals surface area (Å²) in [4.78, 5) is 21.5. The average Bonchev–Trinajstić information content (AvgIpc) is 2.43. The molecule has 116 valence electrons. The zero-order chi connectivity index (χ0) is 15.8. The maximum atomic E-state index is 11.3. The van der Waals surface area contributed by atoms with E-state index in [1.54, 1.807) is 6.07 Å². The summed E-state index contributed by atoms with van der Waals surface area (Å²) in [5.41, 5.74) is 5.24. The number of hydrogen-bond donors (Lipinski definition) is 2. The Labute approximate surface area is 131 Å². The minimum atomic E-state index is -0.492. The maximum Gasteiger partial charge on any atom is 0.273 e. The Morgan fingerprint density at radius 3 is 2.86 bits per heavy atom. The fourth-order valence-electron chi connectivity index (χ4n) is 1.67. The molecule has 7 nitrogen and oxygen atoms in total. The van der Waals surface area contributed by atoms with Crippen LogP contribution in [0.2, 0.25) is 0 Å². The van der Waals surface area contributed by atoms with Gasteiger partial charge in [-0.25, -0.2) is 0 Å². The molecule has 1 aromatic carbocycles. The zero-order valence-corrected chi connectivity index (χ0v) is 13.3. The van der Waals surface area contributed by atoms with Crippen LogP contribution >= 0.6 is 15.9 Å². The van der Waals surface area contributed by atoms with Crippen LogP contribution in [0.15, 0.2) is 22.7 Å². The molecule has 0 fully saturated rings. The molecule has 0 aromatic heterocycles. The zero-order valence-electron chi connectivity index (χ0n) is 11.7. The maximum absolute atomic E-state index is 11.3. The molecule has 0 aliphatic rings. The van der Waals surface area contributed by atoms with Gasteiger partial charge in [-0.15, -0.1) is 0 Å². The average molecular weight is 360 g/mol. The highest BCUT2D eigenvalue weighted by atomic mass is 79.9. The Morgan fingerprint density at radius 2 is 2.29 bits per heavy atom. The molecule has 0 aliphatic heterocycles. The molecule has 3 N–H and O–H groups in total. The lowest BCUT2D eigenvalue weighted by Gasteiger charge is -2.15. The van der Waals surface area contributed by atoms with E-state index in [1.165, 1.54) is 12.1 Å². The molecule has 0 radical (unpaired) electrons. The minimum Gasteiger partial charge on any atom is -0.492 e. The normalized spacial score (nSPS) is 11.9. The first-order valence-corrected chi connectivity index (χ1v) is 7.34. The number of non-ortho nitro benzene ring substituents is 1. The second-order valence-electron chi connectivity index (χ2n) is 4.42. The lowest BCUT2D eigenvalue weighted by molar-refractivity contribution is -0.385. The summed E-state index contributed by atoms with van der Waals surface area (Å²) in [6, 6.07) is 3.80. The van der Waals surface area contributed by atoms with E-state index in [0.717, 1.165) is 6.42 Å². The predicted molar refractivity (Wildman–Crippen MR) is 82.2 cm³/mol. The molecule has 0 heterocycles. The molecule has 1 atom stereocenters. The van der Waals surface area contributed by atoms with Gasteiger partial charge in [0.1, 0.15) is 5.75 Å². The Hall–Kier alpha value is -1.67. The summed E-state index contributed by atoms with van der Waals surface area (Å²) in [6.07, 6.45) is 1.28. The van der Waals surface area contributed by atoms with Crippen LogP contribution in [-0.4, -0.2) is 30.0 Å². The number of ether oxygens (including phenoxy) is 1. The van der Waals surface area contributed by atoms with Crippen LogP contribution in [0, 0.1) is 10.1 Å². The summed E-state index contributed by atoms with van der Waals surface area (Å²) >= 11 is 3.26. The van der Waals surface area contributed by atoms with Gasteiger partial charge in [0.2, 0.25) is 5.91 Å². The number of nitrogens with two attached hydrogens (primary N) is 1. The van der Waals surface area contributed by atoms with Gasteiger partial charge in [0.05, 0.1) is 28.1 Å². The Balaban J connectivity index is 2.59. The molecule has 0 aliphatic carbocycles. The Bertz CT molecular complexity index is 510. The van der Waals surface area contributed by atoms with E-state index in [-0.39, 0.29) is 12.3 Å². The summed E-state index contributed by atoms with van der Waals surface area (Å²) in [5, 5.41) is 13.7. The van der Waals surface area contributed by atoms with Gasteiger partial charge in [-0.2, -0.15) is 0 Å². The number of nitro groups is 1. The van der Waals surface area contributed by atoms with Gasteiger partial charge in [0.25, 0.3) is 5.69 Å². The number of hydrogen-bond acceptors (Lipinski definition) is 5. The van der Waals surface area contributed by atoms with Crippen molar-refractivity contribution in [3.8, 4) is 5.75 Å². The third kappa shape index (κ3) is 5.68. The fourth-order valence-corrected chi connectivity index (χ4v) is 2.03. The molecular formula is C13H18BrN3O4. The van der Waals surface area contributed by atoms with Gasteiger partial charge in [0, 0.05) is 12.5 Å². The summed E-state index contributed by atoms with van der Waals surface area (Å²) in [5.74, 6) is -0.0759. The predicted octanol–water partition coefficient (Wildman–Crippen LogP) is 1.98. The molecule has 1 amide bonds. The monoisotopic (exact) mass is 359 g/mol. The van der Waals surface area contributed by atoms with E-state index in [1.807, 2.05) is 6.92 Å². The number of rotatable bonds is 9. The number of nitrogens with one attached hydrogen (secondary N) is 1. The first-order chi connectivity index (χ1) is 9.95. The standard InChI is InChI=1S/C13H18BrN3O4/c1-2-6-16-11(13(15)18)5-7-21-12-8-9(17(19)20)3-4-10(12)14/h3-4,8,11,16H,2,5-7H2,1H3,(H2,15,18). The van der Waals surface area contributed by atoms with Crippen LogP contribution in [0.5, 0.6) is 5.75 Å². The minimum absolute atomic E-state index is 0.0521. The molecule has 0 saturated heterocycles. The highest BCUT2D eigenvalue weighted by molar-refractivity contribution is 9.10. The number of primary amides is 1. The van der Waals surface area contributed by atoms with Crippen LogP contribution in [0.1, 0.15) is 19.8 Å². The summed E-state index contributed by atoms with van der Waals surface area (Å²) in [7, 11) is 0. The molecule has 21 heavy (non-hydrogen) atoms. The number of benzene rings is 1. The molecule has 0 spiro atoms. The number of carbonyl (C=O) groups is 1. The molecule has 8 heteroatoms. The van der Waals surface area contributed by atoms with Gasteiger partial charge >= 0.3 is 0 Å². The second kappa shape index (κ2) is 8.58. The largest absolute Gasteiger partial charge is 0.492 e. The SMILES string of the molecule is CCCNC(CCOc1cc([N+](=O)[O-])ccc1Br)C(N)=O. The summed E-state index contributed by atoms with van der Waals surface area (Å²) < 4.78 is 6.11. The van der Waals surface area contributed by atoms with Crippen molar-refractivity contribution >= 4 is 27.5 Å². The first-order valence-electron chi connectivity index (χ1n) is 6.55. The fraction of sp³-hybridized carbons (Fsp3) is 0.462.